The van der Waals surface area contributed by atoms with Crippen LogP contribution in [0.15, 0.2) is 53.6 Å². The summed E-state index contributed by atoms with van der Waals surface area (Å²) in [6.07, 6.45) is 0. The summed E-state index contributed by atoms with van der Waals surface area (Å²) in [5.74, 6) is -0.228. The van der Waals surface area contributed by atoms with E-state index < -0.39 is 0 Å². The molecule has 2 aromatic carbocycles. The molecule has 6 heteroatoms. The molecule has 1 amide bonds. The molecule has 0 atom stereocenters. The van der Waals surface area contributed by atoms with E-state index in [4.69, 9.17) is 0 Å². The van der Waals surface area contributed by atoms with Crippen LogP contribution in [0.2, 0.25) is 0 Å². The van der Waals surface area contributed by atoms with E-state index in [1.807, 2.05) is 55.5 Å². The van der Waals surface area contributed by atoms with Crippen LogP contribution in [0.5, 0.6) is 0 Å². The lowest BCUT2D eigenvalue weighted by molar-refractivity contribution is 0.0954. The van der Waals surface area contributed by atoms with Gasteiger partial charge in [0.2, 0.25) is 0 Å². The molecule has 1 aromatic heterocycles. The molecule has 0 fully saturated rings. The van der Waals surface area contributed by atoms with Crippen molar-refractivity contribution in [2.45, 2.75) is 39.7 Å². The Morgan fingerprint density at radius 2 is 1.81 bits per heavy atom. The fourth-order valence-electron chi connectivity index (χ4n) is 2.62. The summed E-state index contributed by atoms with van der Waals surface area (Å²) in [5, 5.41) is 12.4. The molecule has 0 spiro atoms. The van der Waals surface area contributed by atoms with Gasteiger partial charge in [-0.2, -0.15) is 5.10 Å². The number of carbonyl (C=O) groups excluding carboxylic acids is 1. The number of hydrogen-bond donors (Lipinski definition) is 1. The number of fused-ring (bicyclic) bond motifs is 1. The van der Waals surface area contributed by atoms with Crippen LogP contribution in [0.4, 0.5) is 0 Å². The van der Waals surface area contributed by atoms with E-state index in [1.54, 1.807) is 4.68 Å². The highest BCUT2D eigenvalue weighted by molar-refractivity contribution is 5.95. The van der Waals surface area contributed by atoms with Crippen molar-refractivity contribution in [2.24, 2.45) is 5.10 Å². The molecule has 3 aromatic rings. The van der Waals surface area contributed by atoms with E-state index in [0.717, 1.165) is 16.7 Å². The van der Waals surface area contributed by atoms with Gasteiger partial charge in [-0.1, -0.05) is 50.3 Å². The first-order valence-corrected chi connectivity index (χ1v) is 8.57. The summed E-state index contributed by atoms with van der Waals surface area (Å²) in [5.41, 5.74) is 6.94. The van der Waals surface area contributed by atoms with Crippen LogP contribution in [0.3, 0.4) is 0 Å². The zero-order chi connectivity index (χ0) is 18.7. The first-order chi connectivity index (χ1) is 12.3. The second kappa shape index (κ2) is 7.07. The van der Waals surface area contributed by atoms with Crippen molar-refractivity contribution in [3.8, 4) is 0 Å². The lowest BCUT2D eigenvalue weighted by Crippen LogP contribution is -2.21. The van der Waals surface area contributed by atoms with E-state index in [1.165, 1.54) is 5.56 Å². The highest BCUT2D eigenvalue weighted by atomic mass is 16.2. The van der Waals surface area contributed by atoms with Crippen LogP contribution in [0, 0.1) is 0 Å². The minimum absolute atomic E-state index is 0.0598. The Morgan fingerprint density at radius 1 is 1.12 bits per heavy atom. The summed E-state index contributed by atoms with van der Waals surface area (Å²) in [7, 11) is 0. The summed E-state index contributed by atoms with van der Waals surface area (Å²) in [6.45, 7) is 8.74. The molecule has 0 aliphatic rings. The predicted octanol–water partition coefficient (Wildman–Crippen LogP) is 3.53. The number of aromatic nitrogens is 3. The smallest absolute Gasteiger partial charge is 0.267 e. The van der Waals surface area contributed by atoms with Crippen molar-refractivity contribution in [3.05, 3.63) is 59.7 Å². The fourth-order valence-corrected chi connectivity index (χ4v) is 2.62. The van der Waals surface area contributed by atoms with Crippen LogP contribution >= 0.6 is 0 Å². The maximum atomic E-state index is 12.3. The molecular formula is C20H23N5O. The second-order valence-electron chi connectivity index (χ2n) is 7.35. The highest BCUT2D eigenvalue weighted by Gasteiger charge is 2.14. The van der Waals surface area contributed by atoms with Crippen LogP contribution in [-0.2, 0) is 12.0 Å². The molecule has 0 aliphatic heterocycles. The van der Waals surface area contributed by atoms with E-state index >= 15 is 0 Å². The zero-order valence-corrected chi connectivity index (χ0v) is 15.5. The number of nitrogens with zero attached hydrogens (tertiary/aromatic N) is 4. The molecule has 0 bridgehead atoms. The van der Waals surface area contributed by atoms with E-state index in [0.29, 0.717) is 12.1 Å². The Morgan fingerprint density at radius 3 is 2.50 bits per heavy atom. The van der Waals surface area contributed by atoms with Gasteiger partial charge in [-0.15, -0.1) is 5.10 Å². The third-order valence-corrected chi connectivity index (χ3v) is 4.16. The maximum absolute atomic E-state index is 12.3. The summed E-state index contributed by atoms with van der Waals surface area (Å²) < 4.78 is 1.76. The van der Waals surface area contributed by atoms with Crippen molar-refractivity contribution in [1.82, 2.24) is 20.4 Å². The Labute approximate surface area is 152 Å². The van der Waals surface area contributed by atoms with Gasteiger partial charge >= 0.3 is 0 Å². The monoisotopic (exact) mass is 349 g/mol. The Balaban J connectivity index is 1.66. The minimum Gasteiger partial charge on any atom is -0.267 e. The normalized spacial score (nSPS) is 12.4. The molecule has 3 rings (SSSR count). The van der Waals surface area contributed by atoms with Crippen molar-refractivity contribution in [3.63, 3.8) is 0 Å². The number of hydrazone groups is 1. The van der Waals surface area contributed by atoms with Crippen molar-refractivity contribution in [1.29, 1.82) is 0 Å². The van der Waals surface area contributed by atoms with Crippen LogP contribution in [0.1, 0.15) is 43.6 Å². The summed E-state index contributed by atoms with van der Waals surface area (Å²) >= 11 is 0. The molecule has 26 heavy (non-hydrogen) atoms. The average molecular weight is 349 g/mol. The molecule has 0 saturated heterocycles. The molecule has 1 N–H and O–H groups in total. The number of rotatable bonds is 4. The molecule has 0 saturated carbocycles. The maximum Gasteiger partial charge on any atom is 0.271 e. The number of hydrogen-bond acceptors (Lipinski definition) is 4. The van der Waals surface area contributed by atoms with Gasteiger partial charge in [-0.05, 0) is 42.2 Å². The summed E-state index contributed by atoms with van der Waals surface area (Å²) in [4.78, 5) is 12.3. The lowest BCUT2D eigenvalue weighted by atomic mass is 9.87. The van der Waals surface area contributed by atoms with Gasteiger partial charge in [0.15, 0.2) is 0 Å². The first-order valence-electron chi connectivity index (χ1n) is 8.57. The van der Waals surface area contributed by atoms with Gasteiger partial charge in [0.05, 0.1) is 17.8 Å². The fraction of sp³-hybridized carbons (Fsp3) is 0.300. The standard InChI is InChI=1S/C20H23N5O/c1-14(13-25-18-8-6-5-7-17(18)22-24-25)21-23-19(26)15-9-11-16(12-10-15)20(2,3)4/h5-12H,13H2,1-4H3,(H,23,26)/b21-14+. The Bertz CT molecular complexity index is 948. The molecule has 1 heterocycles. The minimum atomic E-state index is -0.228. The van der Waals surface area contributed by atoms with Crippen LogP contribution in [0.25, 0.3) is 11.0 Å². The molecule has 0 unspecified atom stereocenters. The molecule has 6 nitrogen and oxygen atoms in total. The molecule has 134 valence electrons. The second-order valence-corrected chi connectivity index (χ2v) is 7.35. The topological polar surface area (TPSA) is 72.2 Å². The third kappa shape index (κ3) is 3.96. The number of para-hydroxylation sites is 1. The Hall–Kier alpha value is -3.02. The molecule has 0 radical (unpaired) electrons. The van der Waals surface area contributed by atoms with Crippen LogP contribution in [-0.4, -0.2) is 26.6 Å². The quantitative estimate of drug-likeness (QED) is 0.578. The van der Waals surface area contributed by atoms with Gasteiger partial charge in [-0.25, -0.2) is 10.1 Å². The Kier molecular flexibility index (Phi) is 4.84. The average Bonchev–Trinajstić information content (AvgIpc) is 3.02. The van der Waals surface area contributed by atoms with Gasteiger partial charge in [-0.3, -0.25) is 4.79 Å². The largest absolute Gasteiger partial charge is 0.271 e. The van der Waals surface area contributed by atoms with E-state index in [2.05, 4.69) is 41.6 Å². The van der Waals surface area contributed by atoms with Gasteiger partial charge < -0.3 is 0 Å². The molecule has 0 aliphatic carbocycles. The first kappa shape index (κ1) is 17.8. The predicted molar refractivity (Wildman–Crippen MR) is 103 cm³/mol. The molecular weight excluding hydrogens is 326 g/mol. The zero-order valence-electron chi connectivity index (χ0n) is 15.5. The van der Waals surface area contributed by atoms with Gasteiger partial charge in [0.1, 0.15) is 5.52 Å². The van der Waals surface area contributed by atoms with Gasteiger partial charge in [0, 0.05) is 5.56 Å². The number of carbonyl (C=O) groups is 1. The van der Waals surface area contributed by atoms with Crippen molar-refractivity contribution >= 4 is 22.7 Å². The number of nitrogens with one attached hydrogen (secondary N) is 1. The lowest BCUT2D eigenvalue weighted by Gasteiger charge is -2.18. The number of benzene rings is 2. The summed E-state index contributed by atoms with van der Waals surface area (Å²) in [6, 6.07) is 15.3. The SMILES string of the molecule is C/C(Cn1nnc2ccccc21)=N\NC(=O)c1ccc(C(C)(C)C)cc1. The highest BCUT2D eigenvalue weighted by Crippen LogP contribution is 2.22. The van der Waals surface area contributed by atoms with Gasteiger partial charge in [0.25, 0.3) is 5.91 Å². The van der Waals surface area contributed by atoms with Crippen LogP contribution < -0.4 is 5.43 Å². The van der Waals surface area contributed by atoms with Crippen molar-refractivity contribution in [2.75, 3.05) is 0 Å². The van der Waals surface area contributed by atoms with Crippen molar-refractivity contribution < 1.29 is 4.79 Å². The third-order valence-electron chi connectivity index (χ3n) is 4.16. The van der Waals surface area contributed by atoms with E-state index in [-0.39, 0.29) is 11.3 Å². The van der Waals surface area contributed by atoms with E-state index in [9.17, 15) is 4.79 Å². The number of amides is 1.